The number of rotatable bonds is 18. The molecular weight excluding hydrogens is 1620 g/mol. The number of nitrogen functional groups attached to an aromatic ring is 2. The van der Waals surface area contributed by atoms with Gasteiger partial charge in [0.25, 0.3) is 5.97 Å². The fourth-order valence-corrected chi connectivity index (χ4v) is 13.5. The molecule has 36 heteroatoms. The van der Waals surface area contributed by atoms with Crippen LogP contribution in [0.5, 0.6) is 17.2 Å². The first kappa shape index (κ1) is 91.8. The van der Waals surface area contributed by atoms with Crippen LogP contribution in [0.15, 0.2) is 132 Å². The van der Waals surface area contributed by atoms with Crippen molar-refractivity contribution in [1.29, 1.82) is 0 Å². The van der Waals surface area contributed by atoms with Gasteiger partial charge in [0.15, 0.2) is 61.0 Å². The monoisotopic (exact) mass is 1720 g/mol. The summed E-state index contributed by atoms with van der Waals surface area (Å²) in [5.41, 5.74) is 23.6. The first-order chi connectivity index (χ1) is 53.2. The first-order valence-corrected chi connectivity index (χ1v) is 39.3. The number of nitrogens with two attached hydrogens (primary N) is 3. The fraction of sp³-hybridized carbons (Fsp3) is 0.351. The van der Waals surface area contributed by atoms with Crippen LogP contribution in [0.25, 0.3) is 0 Å². The number of Topliss-reactive ketones (excluding diaryl/α,β-unsaturated/α-hetero) is 1. The van der Waals surface area contributed by atoms with E-state index in [9.17, 15) is 37.1 Å². The number of thiocarbonyl (C=S) groups is 1. The Hall–Kier alpha value is -10.0. The Morgan fingerprint density at radius 2 is 0.912 bits per heavy atom. The van der Waals surface area contributed by atoms with E-state index < -0.39 is 34.6 Å². The summed E-state index contributed by atoms with van der Waals surface area (Å²) in [5.74, 6) is -2.00. The molecular formula is C77H96BrF3N15O12PS4. The number of aliphatic carboxylic acids is 1. The fourth-order valence-electron chi connectivity index (χ4n) is 10.7. The van der Waals surface area contributed by atoms with Crippen LogP contribution < -0.4 is 67.4 Å². The Labute approximate surface area is 684 Å². The zero-order valence-electron chi connectivity index (χ0n) is 64.6. The summed E-state index contributed by atoms with van der Waals surface area (Å²) in [4.78, 5) is 93.8. The first-order valence-electron chi connectivity index (χ1n) is 35.1. The summed E-state index contributed by atoms with van der Waals surface area (Å²) in [6.07, 6.45) is -0.535. The van der Waals surface area contributed by atoms with Crippen LogP contribution in [0.2, 0.25) is 0 Å². The van der Waals surface area contributed by atoms with Crippen molar-refractivity contribution in [2.24, 2.45) is 10.7 Å². The molecule has 3 aliphatic rings. The minimum atomic E-state index is -0.833. The van der Waals surface area contributed by atoms with Crippen molar-refractivity contribution in [2.45, 2.75) is 66.6 Å². The third kappa shape index (κ3) is 28.8. The molecule has 0 spiro atoms. The predicted octanol–water partition coefficient (Wildman–Crippen LogP) is 14.2. The van der Waals surface area contributed by atoms with Crippen molar-refractivity contribution >= 4 is 174 Å². The highest BCUT2D eigenvalue weighted by molar-refractivity contribution is 9.09. The van der Waals surface area contributed by atoms with E-state index in [0.717, 1.165) is 103 Å². The lowest BCUT2D eigenvalue weighted by Gasteiger charge is -2.36. The Morgan fingerprint density at radius 1 is 0.575 bits per heavy atom. The second-order valence-electron chi connectivity index (χ2n) is 26.6. The number of aromatic nitrogens is 2. The number of nitrogens with one attached hydrogen (secondary N) is 4. The number of thioether (sulfide) groups is 1. The minimum absolute atomic E-state index is 0. The lowest BCUT2D eigenvalue weighted by molar-refractivity contribution is -0.134. The van der Waals surface area contributed by atoms with Crippen LogP contribution in [0.1, 0.15) is 96.2 Å². The van der Waals surface area contributed by atoms with Crippen molar-refractivity contribution in [3.8, 4) is 17.2 Å². The Bertz CT molecular complexity index is 4550. The van der Waals surface area contributed by atoms with E-state index >= 15 is 0 Å². The molecule has 3 aliphatic heterocycles. The van der Waals surface area contributed by atoms with E-state index in [0.29, 0.717) is 70.3 Å². The number of benzene rings is 6. The van der Waals surface area contributed by atoms with Gasteiger partial charge in [-0.2, -0.15) is 14.9 Å². The second-order valence-corrected chi connectivity index (χ2v) is 30.8. The summed E-state index contributed by atoms with van der Waals surface area (Å²) < 4.78 is 65.8. The van der Waals surface area contributed by atoms with Crippen molar-refractivity contribution in [3.63, 3.8) is 0 Å². The summed E-state index contributed by atoms with van der Waals surface area (Å²) in [5, 5.41) is 22.2. The maximum atomic E-state index is 13.7. The van der Waals surface area contributed by atoms with Gasteiger partial charge in [-0.25, -0.2) is 32.7 Å². The number of ether oxygens (including phenoxy) is 5. The van der Waals surface area contributed by atoms with Crippen molar-refractivity contribution in [2.75, 3.05) is 153 Å². The average Bonchev–Trinajstić information content (AvgIpc) is 1.74. The van der Waals surface area contributed by atoms with E-state index in [-0.39, 0.29) is 89.7 Å². The number of piperazine rings is 3. The molecule has 11 rings (SSSR count). The van der Waals surface area contributed by atoms with Gasteiger partial charge in [-0.1, -0.05) is 57.3 Å². The quantitative estimate of drug-likeness (QED) is 0.00988. The number of anilines is 10. The lowest BCUT2D eigenvalue weighted by Crippen LogP contribution is -2.50. The van der Waals surface area contributed by atoms with Crippen LogP contribution in [0, 0.1) is 17.5 Å². The third-order valence-electron chi connectivity index (χ3n) is 16.1. The van der Waals surface area contributed by atoms with Gasteiger partial charge < -0.3 is 91.8 Å². The number of carboxylic acids is 1. The van der Waals surface area contributed by atoms with Gasteiger partial charge in [0.05, 0.1) is 26.7 Å². The van der Waals surface area contributed by atoms with Crippen molar-refractivity contribution < 1.29 is 70.7 Å². The Kier molecular flexibility index (Phi) is 35.6. The highest BCUT2D eigenvalue weighted by Crippen LogP contribution is 2.35. The van der Waals surface area contributed by atoms with Crippen LogP contribution in [0.3, 0.4) is 0 Å². The number of hydrogen-bond acceptors (Lipinski definition) is 25. The van der Waals surface area contributed by atoms with Crippen LogP contribution >= 0.6 is 72.5 Å². The van der Waals surface area contributed by atoms with Gasteiger partial charge in [-0.3, -0.25) is 19.2 Å². The molecule has 3 fully saturated rings. The second kappa shape index (κ2) is 43.9. The Morgan fingerprint density at radius 3 is 1.25 bits per heavy atom. The number of amidine groups is 1. The molecule has 3 saturated heterocycles. The highest BCUT2D eigenvalue weighted by Gasteiger charge is 2.29. The smallest absolute Gasteiger partial charge is 0.410 e. The third-order valence-corrected chi connectivity index (χ3v) is 19.4. The van der Waals surface area contributed by atoms with Crippen molar-refractivity contribution in [3.05, 3.63) is 171 Å². The number of methoxy groups -OCH3 is 3. The van der Waals surface area contributed by atoms with Crippen LogP contribution in [0.4, 0.5) is 78.8 Å². The Balaban J connectivity index is 0.000000240. The summed E-state index contributed by atoms with van der Waals surface area (Å²) >= 11 is 12.0. The van der Waals surface area contributed by atoms with E-state index in [1.54, 1.807) is 9.80 Å². The molecule has 0 saturated carbocycles. The molecule has 11 N–H and O–H groups in total. The zero-order chi connectivity index (χ0) is 82.0. The number of carbonyl (C=O) groups excluding carboxylic acids is 5. The molecule has 1 unspecified atom stereocenters. The van der Waals surface area contributed by atoms with Crippen LogP contribution in [-0.2, 0) is 14.3 Å². The average molecular weight is 1720 g/mol. The van der Waals surface area contributed by atoms with E-state index in [4.69, 9.17) is 63.0 Å². The number of halogens is 4. The van der Waals surface area contributed by atoms with Gasteiger partial charge in [0.2, 0.25) is 11.6 Å². The van der Waals surface area contributed by atoms with Gasteiger partial charge in [-0.05, 0) is 187 Å². The number of amides is 2. The normalized spacial score (nSPS) is 13.4. The number of ketones is 3. The summed E-state index contributed by atoms with van der Waals surface area (Å²) in [7, 11) is 4.05. The number of thiazole rings is 2. The largest absolute Gasteiger partial charge is 0.494 e. The number of nitrogens with zero attached hydrogens (tertiary/aromatic N) is 8. The lowest BCUT2D eigenvalue weighted by atomic mass is 10.1. The van der Waals surface area contributed by atoms with Gasteiger partial charge in [-0.15, -0.1) is 0 Å². The molecule has 0 bridgehead atoms. The number of carbonyl (C=O) groups is 6. The predicted molar refractivity (Wildman–Crippen MR) is 458 cm³/mol. The maximum absolute atomic E-state index is 13.7. The van der Waals surface area contributed by atoms with Crippen LogP contribution in [-0.4, -0.2) is 193 Å². The molecule has 2 aromatic heterocycles. The van der Waals surface area contributed by atoms with Gasteiger partial charge in [0, 0.05) is 136 Å². The standard InChI is InChI=1S/C26H30FN5O4S.C21H22FN5O2S.C19H29N5O2S2.C9H8BrFO2.C2H4O2.H3P/c1-26(2,3)36-25(34)32-13-11-31(12-14-32)18-8-6-17(7-9-18)29-24-30-23(28)22(37-24)21(33)16-5-10-19(27)20(15-16)35-4;1-29-17-12-13(2-7-16(17)22)18(28)19-20(23)26-21(30-19)25-14-3-5-15(6-4-14)27-10-8-24-9-11-27;1-5-28-16(20)22-17(27)21-14-6-8-15(9-7-14)23-10-12-24(13-11-23)18(25)26-19(2,3)4;1-13-9-4-6(8(12)5-10)2-3-7(9)11;1-2(3)4;/h5-10,15H,11-14,28H2,1-4H3,(H,29,30);2-7,12,24H,8-11,23H2,1H3,(H,25,26);6-9H,5,10-13H2,1-4H3,(H3,20,21,22,27);2-4H,5H2,1H3;1H3,(H,3,4);1H3. The van der Waals surface area contributed by atoms with E-state index in [1.165, 1.54) is 93.4 Å². The van der Waals surface area contributed by atoms with Gasteiger partial charge in [0.1, 0.15) is 32.6 Å². The number of hydrogen-bond donors (Lipinski definition) is 8. The molecule has 5 heterocycles. The molecule has 2 amide bonds. The number of aliphatic imine (C=N–C) groups is 1. The topological polar surface area (TPSA) is 349 Å². The molecule has 8 aromatic rings. The summed E-state index contributed by atoms with van der Waals surface area (Å²) in [6.45, 7) is 23.6. The maximum Gasteiger partial charge on any atom is 0.410 e. The van der Waals surface area contributed by atoms with Gasteiger partial charge >= 0.3 is 12.2 Å². The van der Waals surface area contributed by atoms with E-state index in [1.807, 2.05) is 109 Å². The van der Waals surface area contributed by atoms with Crippen molar-refractivity contribution in [1.82, 2.24) is 25.1 Å². The van der Waals surface area contributed by atoms with E-state index in [2.05, 4.69) is 79.0 Å². The molecule has 0 radical (unpaired) electrons. The minimum Gasteiger partial charge on any atom is -0.494 e. The molecule has 608 valence electrons. The molecule has 113 heavy (non-hydrogen) atoms. The summed E-state index contributed by atoms with van der Waals surface area (Å²) in [6, 6.07) is 35.8. The SMILES string of the molecule is CC(=O)O.CCSC(N)=NC(=S)Nc1ccc(N2CCN(C(=O)OC(C)(C)C)CC2)cc1.COc1cc(C(=O)CBr)ccc1F.COc1cc(C(=O)c2sc(Nc3ccc(N4CCN(C(=O)OC(C)(C)C)CC4)cc3)nc2N)ccc1F.COc1cc(C(=O)c2sc(Nc3ccc(N4CCNCC4)cc3)nc2N)ccc1F.P. The molecule has 6 aromatic carbocycles. The number of carboxylic acid groups (broad SMARTS) is 1. The zero-order valence-corrected chi connectivity index (χ0v) is 70.9. The molecule has 27 nitrogen and oxygen atoms in total. The molecule has 1 atom stereocenters. The molecule has 0 aliphatic carbocycles. The highest BCUT2D eigenvalue weighted by atomic mass is 79.9. The number of alkyl halides is 1.